The van der Waals surface area contributed by atoms with Crippen LogP contribution in [-0.4, -0.2) is 17.6 Å². The summed E-state index contributed by atoms with van der Waals surface area (Å²) in [4.78, 5) is 4.49. The maximum Gasteiger partial charge on any atom is 0.0750 e. The van der Waals surface area contributed by atoms with E-state index in [2.05, 4.69) is 48.4 Å². The second-order valence-corrected chi connectivity index (χ2v) is 4.69. The van der Waals surface area contributed by atoms with Gasteiger partial charge in [-0.15, -0.1) is 0 Å². The standard InChI is InChI=1S/C15H21N3/c1-3-11(2)18-14(10-16)13-8-4-6-12-7-5-9-17-15(12)13/h4-9,11,14,18H,3,10,16H2,1-2H3. The van der Waals surface area contributed by atoms with Gasteiger partial charge in [-0.3, -0.25) is 4.98 Å². The fraction of sp³-hybridized carbons (Fsp3) is 0.400. The van der Waals surface area contributed by atoms with Crippen molar-refractivity contribution >= 4 is 10.9 Å². The summed E-state index contributed by atoms with van der Waals surface area (Å²) in [5.41, 5.74) is 8.15. The van der Waals surface area contributed by atoms with Crippen LogP contribution in [0.3, 0.4) is 0 Å². The summed E-state index contributed by atoms with van der Waals surface area (Å²) in [6, 6.07) is 10.9. The van der Waals surface area contributed by atoms with Crippen LogP contribution in [0.15, 0.2) is 36.5 Å². The van der Waals surface area contributed by atoms with Crippen LogP contribution in [0.2, 0.25) is 0 Å². The summed E-state index contributed by atoms with van der Waals surface area (Å²) in [6.45, 7) is 4.94. The number of rotatable bonds is 5. The number of aromatic nitrogens is 1. The smallest absolute Gasteiger partial charge is 0.0750 e. The highest BCUT2D eigenvalue weighted by atomic mass is 15.0. The fourth-order valence-corrected chi connectivity index (χ4v) is 2.16. The first-order chi connectivity index (χ1) is 8.76. The third kappa shape index (κ3) is 2.68. The minimum atomic E-state index is 0.165. The van der Waals surface area contributed by atoms with Crippen molar-refractivity contribution in [3.05, 3.63) is 42.1 Å². The molecule has 0 aliphatic rings. The number of nitrogens with zero attached hydrogens (tertiary/aromatic N) is 1. The Hall–Kier alpha value is -1.45. The monoisotopic (exact) mass is 243 g/mol. The highest BCUT2D eigenvalue weighted by Crippen LogP contribution is 2.22. The number of fused-ring (bicyclic) bond motifs is 1. The van der Waals surface area contributed by atoms with Gasteiger partial charge in [0.1, 0.15) is 0 Å². The first-order valence-electron chi connectivity index (χ1n) is 6.56. The van der Waals surface area contributed by atoms with Gasteiger partial charge in [-0.25, -0.2) is 0 Å². The van der Waals surface area contributed by atoms with Gasteiger partial charge >= 0.3 is 0 Å². The molecule has 2 aromatic rings. The van der Waals surface area contributed by atoms with E-state index in [0.717, 1.165) is 11.9 Å². The Bertz CT molecular complexity index is 505. The van der Waals surface area contributed by atoms with Gasteiger partial charge in [0.15, 0.2) is 0 Å². The molecule has 3 N–H and O–H groups in total. The van der Waals surface area contributed by atoms with Crippen molar-refractivity contribution in [2.24, 2.45) is 5.73 Å². The van der Waals surface area contributed by atoms with Gasteiger partial charge < -0.3 is 11.1 Å². The Kier molecular flexibility index (Phi) is 4.28. The molecule has 0 fully saturated rings. The fourth-order valence-electron chi connectivity index (χ4n) is 2.16. The first kappa shape index (κ1) is 13.0. The number of para-hydroxylation sites is 1. The van der Waals surface area contributed by atoms with E-state index < -0.39 is 0 Å². The van der Waals surface area contributed by atoms with E-state index in [9.17, 15) is 0 Å². The molecule has 1 heterocycles. The minimum absolute atomic E-state index is 0.165. The van der Waals surface area contributed by atoms with E-state index in [1.165, 1.54) is 10.9 Å². The summed E-state index contributed by atoms with van der Waals surface area (Å²) in [5, 5.41) is 4.73. The average Bonchev–Trinajstić information content (AvgIpc) is 2.44. The van der Waals surface area contributed by atoms with E-state index in [1.807, 2.05) is 12.3 Å². The number of hydrogen-bond acceptors (Lipinski definition) is 3. The molecule has 0 spiro atoms. The lowest BCUT2D eigenvalue weighted by Gasteiger charge is -2.22. The third-order valence-corrected chi connectivity index (χ3v) is 3.37. The minimum Gasteiger partial charge on any atom is -0.329 e. The van der Waals surface area contributed by atoms with Gasteiger partial charge in [-0.05, 0) is 25.0 Å². The van der Waals surface area contributed by atoms with Crippen molar-refractivity contribution in [1.29, 1.82) is 0 Å². The van der Waals surface area contributed by atoms with Gasteiger partial charge in [0, 0.05) is 30.2 Å². The Balaban J connectivity index is 2.38. The van der Waals surface area contributed by atoms with Crippen molar-refractivity contribution < 1.29 is 0 Å². The molecule has 3 nitrogen and oxygen atoms in total. The van der Waals surface area contributed by atoms with Gasteiger partial charge in [-0.1, -0.05) is 31.2 Å². The molecule has 96 valence electrons. The summed E-state index contributed by atoms with van der Waals surface area (Å²) in [5.74, 6) is 0. The van der Waals surface area contributed by atoms with Crippen LogP contribution in [0.25, 0.3) is 10.9 Å². The topological polar surface area (TPSA) is 50.9 Å². The largest absolute Gasteiger partial charge is 0.329 e. The first-order valence-corrected chi connectivity index (χ1v) is 6.56. The number of nitrogens with one attached hydrogen (secondary N) is 1. The summed E-state index contributed by atoms with van der Waals surface area (Å²) < 4.78 is 0. The predicted octanol–water partition coefficient (Wildman–Crippen LogP) is 2.62. The molecule has 0 saturated heterocycles. The van der Waals surface area contributed by atoms with Gasteiger partial charge in [0.25, 0.3) is 0 Å². The molecular weight excluding hydrogens is 222 g/mol. The van der Waals surface area contributed by atoms with Crippen molar-refractivity contribution in [3.63, 3.8) is 0 Å². The second kappa shape index (κ2) is 5.94. The molecule has 0 aliphatic heterocycles. The molecule has 18 heavy (non-hydrogen) atoms. The predicted molar refractivity (Wildman–Crippen MR) is 76.4 cm³/mol. The molecule has 0 radical (unpaired) electrons. The molecule has 2 unspecified atom stereocenters. The maximum atomic E-state index is 5.91. The lowest BCUT2D eigenvalue weighted by Crippen LogP contribution is -2.34. The van der Waals surface area contributed by atoms with E-state index in [1.54, 1.807) is 0 Å². The van der Waals surface area contributed by atoms with Crippen LogP contribution in [0.1, 0.15) is 31.9 Å². The van der Waals surface area contributed by atoms with Crippen molar-refractivity contribution in [2.45, 2.75) is 32.4 Å². The average molecular weight is 243 g/mol. The van der Waals surface area contributed by atoms with Gasteiger partial charge in [0.2, 0.25) is 0 Å². The summed E-state index contributed by atoms with van der Waals surface area (Å²) >= 11 is 0. The molecule has 1 aromatic carbocycles. The molecule has 1 aromatic heterocycles. The Labute approximate surface area is 108 Å². The summed E-state index contributed by atoms with van der Waals surface area (Å²) in [7, 11) is 0. The molecule has 0 amide bonds. The van der Waals surface area contributed by atoms with Gasteiger partial charge in [-0.2, -0.15) is 0 Å². The lowest BCUT2D eigenvalue weighted by molar-refractivity contribution is 0.453. The highest BCUT2D eigenvalue weighted by molar-refractivity contribution is 5.82. The number of hydrogen-bond donors (Lipinski definition) is 2. The molecule has 0 bridgehead atoms. The zero-order valence-corrected chi connectivity index (χ0v) is 11.1. The van der Waals surface area contributed by atoms with Crippen LogP contribution in [0, 0.1) is 0 Å². The molecule has 3 heteroatoms. The lowest BCUT2D eigenvalue weighted by atomic mass is 10.0. The van der Waals surface area contributed by atoms with E-state index in [4.69, 9.17) is 5.73 Å². The van der Waals surface area contributed by atoms with Crippen LogP contribution in [-0.2, 0) is 0 Å². The zero-order valence-electron chi connectivity index (χ0n) is 11.1. The maximum absolute atomic E-state index is 5.91. The number of pyridine rings is 1. The van der Waals surface area contributed by atoms with Crippen LogP contribution in [0.4, 0.5) is 0 Å². The Morgan fingerprint density at radius 3 is 2.78 bits per heavy atom. The van der Waals surface area contributed by atoms with Crippen molar-refractivity contribution in [1.82, 2.24) is 10.3 Å². The number of benzene rings is 1. The quantitative estimate of drug-likeness (QED) is 0.848. The van der Waals surface area contributed by atoms with Gasteiger partial charge in [0.05, 0.1) is 5.52 Å². The molecule has 0 saturated carbocycles. The molecule has 2 rings (SSSR count). The van der Waals surface area contributed by atoms with E-state index in [0.29, 0.717) is 12.6 Å². The van der Waals surface area contributed by atoms with E-state index >= 15 is 0 Å². The second-order valence-electron chi connectivity index (χ2n) is 4.69. The number of nitrogens with two attached hydrogens (primary N) is 1. The van der Waals surface area contributed by atoms with E-state index in [-0.39, 0.29) is 6.04 Å². The molecule has 0 aliphatic carbocycles. The molecule has 2 atom stereocenters. The van der Waals surface area contributed by atoms with Crippen LogP contribution >= 0.6 is 0 Å². The third-order valence-electron chi connectivity index (χ3n) is 3.37. The zero-order chi connectivity index (χ0) is 13.0. The highest BCUT2D eigenvalue weighted by Gasteiger charge is 2.14. The van der Waals surface area contributed by atoms with Crippen molar-refractivity contribution in [2.75, 3.05) is 6.54 Å². The van der Waals surface area contributed by atoms with Crippen molar-refractivity contribution in [3.8, 4) is 0 Å². The molecular formula is C15H21N3. The summed E-state index contributed by atoms with van der Waals surface area (Å²) in [6.07, 6.45) is 2.93. The van der Waals surface area contributed by atoms with Crippen LogP contribution < -0.4 is 11.1 Å². The van der Waals surface area contributed by atoms with Crippen LogP contribution in [0.5, 0.6) is 0 Å². The SMILES string of the molecule is CCC(C)NC(CN)c1cccc2cccnc12. The Morgan fingerprint density at radius 1 is 1.28 bits per heavy atom. The normalized spacial score (nSPS) is 14.6. The Morgan fingerprint density at radius 2 is 2.06 bits per heavy atom.